The van der Waals surface area contributed by atoms with Crippen molar-refractivity contribution < 1.29 is 0 Å². The molecule has 12 nitrogen and oxygen atoms in total. The number of rotatable bonds is 5. The number of aromatic amines is 1. The molecule has 0 fully saturated rings. The standard InChI is InChI=1S/2C12H10N4.C6H6ClN.C6H5N3.CH4/c1-2-6-13-10(4-1)8-16-9-15-12-11(16)5-3-7-14-12;1-2-6-13-10(4-1)8-16-9-15-11-5-3-7-14-12(11)16;7-5-6-3-1-2-4-8-6;1-2-5-6(7-3-1)9-4-8-5;/h2*1-7,9H,8H2;1-4H,5H2;1-4H,(H,7,8,9);1H4. The van der Waals surface area contributed by atoms with Gasteiger partial charge >= 0.3 is 0 Å². The van der Waals surface area contributed by atoms with Gasteiger partial charge in [0.15, 0.2) is 16.9 Å². The molecule has 50 heavy (non-hydrogen) atoms. The Morgan fingerprint density at radius 2 is 1.08 bits per heavy atom. The number of nitrogens with zero attached hydrogens (tertiary/aromatic N) is 11. The van der Waals surface area contributed by atoms with E-state index in [1.54, 1.807) is 56.2 Å². The average molecular weight is 683 g/mol. The lowest BCUT2D eigenvalue weighted by Crippen LogP contribution is -2.00. The van der Waals surface area contributed by atoms with Crippen molar-refractivity contribution in [2.45, 2.75) is 26.4 Å². The fraction of sp³-hybridized carbons (Fsp3) is 0.108. The fourth-order valence-corrected chi connectivity index (χ4v) is 4.78. The summed E-state index contributed by atoms with van der Waals surface area (Å²) in [4.78, 5) is 40.5. The maximum atomic E-state index is 5.46. The van der Waals surface area contributed by atoms with E-state index in [1.807, 2.05) is 100 Å². The third-order valence-corrected chi connectivity index (χ3v) is 7.22. The van der Waals surface area contributed by atoms with Crippen LogP contribution in [-0.2, 0) is 19.0 Å². The van der Waals surface area contributed by atoms with E-state index >= 15 is 0 Å². The van der Waals surface area contributed by atoms with Crippen LogP contribution in [0.3, 0.4) is 0 Å². The SMILES string of the molecule is C.ClCc1ccccn1.c1ccc(Cn2cnc3cccnc32)nc1.c1ccc(Cn2cnc3ncccc32)nc1.c1cnc2nc[nH]c2c1. The minimum atomic E-state index is 0. The smallest absolute Gasteiger partial charge is 0.177 e. The molecule has 0 atom stereocenters. The molecule has 9 aromatic rings. The lowest BCUT2D eigenvalue weighted by atomic mass is 10.3. The Morgan fingerprint density at radius 1 is 0.500 bits per heavy atom. The highest BCUT2D eigenvalue weighted by atomic mass is 35.5. The van der Waals surface area contributed by atoms with Crippen LogP contribution < -0.4 is 0 Å². The zero-order valence-corrected chi connectivity index (χ0v) is 27.0. The number of pyridine rings is 6. The zero-order chi connectivity index (χ0) is 33.5. The fourth-order valence-electron chi connectivity index (χ4n) is 4.62. The van der Waals surface area contributed by atoms with Gasteiger partial charge in [-0.2, -0.15) is 0 Å². The number of nitrogens with one attached hydrogen (secondary N) is 1. The molecule has 250 valence electrons. The summed E-state index contributed by atoms with van der Waals surface area (Å²) in [5.74, 6) is 0.501. The molecule has 9 heterocycles. The molecule has 0 amide bonds. The summed E-state index contributed by atoms with van der Waals surface area (Å²) < 4.78 is 4.04. The molecule has 0 bridgehead atoms. The summed E-state index contributed by atoms with van der Waals surface area (Å²) in [6.07, 6.45) is 15.8. The Labute approximate surface area is 294 Å². The number of fused-ring (bicyclic) bond motifs is 3. The number of halogens is 1. The predicted molar refractivity (Wildman–Crippen MR) is 196 cm³/mol. The van der Waals surface area contributed by atoms with Crippen LogP contribution in [0.15, 0.2) is 147 Å². The quantitative estimate of drug-likeness (QED) is 0.187. The van der Waals surface area contributed by atoms with Gasteiger partial charge < -0.3 is 14.1 Å². The first-order valence-corrected chi connectivity index (χ1v) is 15.8. The molecule has 13 heteroatoms. The topological polar surface area (TPSA) is 142 Å². The number of hydrogen-bond donors (Lipinski definition) is 1. The number of H-pyrrole nitrogens is 1. The molecule has 0 aromatic carbocycles. The van der Waals surface area contributed by atoms with Gasteiger partial charge in [0, 0.05) is 37.2 Å². The van der Waals surface area contributed by atoms with E-state index in [0.717, 1.165) is 57.1 Å². The van der Waals surface area contributed by atoms with Crippen molar-refractivity contribution in [1.82, 2.24) is 59.0 Å². The summed E-state index contributed by atoms with van der Waals surface area (Å²) in [5, 5.41) is 0. The molecule has 0 spiro atoms. The van der Waals surface area contributed by atoms with Gasteiger partial charge in [-0.15, -0.1) is 11.6 Å². The molecule has 0 unspecified atom stereocenters. The van der Waals surface area contributed by atoms with Crippen LogP contribution in [0.1, 0.15) is 24.5 Å². The van der Waals surface area contributed by atoms with E-state index in [4.69, 9.17) is 11.6 Å². The van der Waals surface area contributed by atoms with Crippen molar-refractivity contribution in [2.75, 3.05) is 0 Å². The first kappa shape index (κ1) is 34.9. The van der Waals surface area contributed by atoms with Crippen LogP contribution in [-0.4, -0.2) is 59.0 Å². The van der Waals surface area contributed by atoms with Gasteiger partial charge in [-0.3, -0.25) is 15.0 Å². The number of imidazole rings is 3. The largest absolute Gasteiger partial charge is 0.343 e. The molecular weight excluding hydrogens is 648 g/mol. The lowest BCUT2D eigenvalue weighted by Gasteiger charge is -2.02. The van der Waals surface area contributed by atoms with E-state index in [9.17, 15) is 0 Å². The maximum absolute atomic E-state index is 5.46. The third-order valence-electron chi connectivity index (χ3n) is 6.94. The minimum Gasteiger partial charge on any atom is -0.343 e. The molecule has 0 aliphatic heterocycles. The Kier molecular flexibility index (Phi) is 12.7. The van der Waals surface area contributed by atoms with Crippen molar-refractivity contribution in [1.29, 1.82) is 0 Å². The van der Waals surface area contributed by atoms with Gasteiger partial charge in [0.05, 0.1) is 66.1 Å². The average Bonchev–Trinajstić information content (AvgIpc) is 3.93. The van der Waals surface area contributed by atoms with Crippen molar-refractivity contribution in [3.05, 3.63) is 164 Å². The summed E-state index contributed by atoms with van der Waals surface area (Å²) >= 11 is 5.46. The molecule has 0 aliphatic rings. The van der Waals surface area contributed by atoms with Crippen LogP contribution in [0.5, 0.6) is 0 Å². The van der Waals surface area contributed by atoms with Crippen molar-refractivity contribution in [2.24, 2.45) is 0 Å². The van der Waals surface area contributed by atoms with E-state index in [0.29, 0.717) is 12.4 Å². The second-order valence-electron chi connectivity index (χ2n) is 10.3. The first-order chi connectivity index (χ1) is 24.3. The van der Waals surface area contributed by atoms with E-state index in [1.165, 1.54) is 0 Å². The second-order valence-corrected chi connectivity index (χ2v) is 10.6. The van der Waals surface area contributed by atoms with Crippen LogP contribution in [0.4, 0.5) is 0 Å². The predicted octanol–water partition coefficient (Wildman–Crippen LogP) is 7.16. The van der Waals surface area contributed by atoms with Gasteiger partial charge in [0.1, 0.15) is 5.52 Å². The molecule has 0 saturated carbocycles. The Morgan fingerprint density at radius 3 is 1.72 bits per heavy atom. The monoisotopic (exact) mass is 682 g/mol. The van der Waals surface area contributed by atoms with E-state index < -0.39 is 0 Å². The van der Waals surface area contributed by atoms with Gasteiger partial charge in [-0.05, 0) is 72.8 Å². The van der Waals surface area contributed by atoms with Crippen LogP contribution in [0.2, 0.25) is 0 Å². The molecule has 1 N–H and O–H groups in total. The zero-order valence-electron chi connectivity index (χ0n) is 26.3. The van der Waals surface area contributed by atoms with Crippen LogP contribution in [0, 0.1) is 0 Å². The van der Waals surface area contributed by atoms with E-state index in [-0.39, 0.29) is 7.43 Å². The molecule has 9 aromatic heterocycles. The third kappa shape index (κ3) is 9.58. The van der Waals surface area contributed by atoms with Gasteiger partial charge in [-0.1, -0.05) is 25.6 Å². The highest BCUT2D eigenvalue weighted by molar-refractivity contribution is 6.16. The lowest BCUT2D eigenvalue weighted by molar-refractivity contribution is 0.788. The van der Waals surface area contributed by atoms with E-state index in [2.05, 4.69) is 49.8 Å². The summed E-state index contributed by atoms with van der Waals surface area (Å²) in [7, 11) is 0. The van der Waals surface area contributed by atoms with Crippen molar-refractivity contribution >= 4 is 45.1 Å². The first-order valence-electron chi connectivity index (χ1n) is 15.3. The Bertz CT molecular complexity index is 2150. The summed E-state index contributed by atoms with van der Waals surface area (Å²) in [6.45, 7) is 1.43. The Hall–Kier alpha value is -6.40. The van der Waals surface area contributed by atoms with Gasteiger partial charge in [0.2, 0.25) is 0 Å². The normalized spacial score (nSPS) is 10.2. The van der Waals surface area contributed by atoms with Crippen molar-refractivity contribution in [3.8, 4) is 0 Å². The Balaban J connectivity index is 0.000000134. The van der Waals surface area contributed by atoms with Crippen LogP contribution in [0.25, 0.3) is 33.5 Å². The van der Waals surface area contributed by atoms with Gasteiger partial charge in [0.25, 0.3) is 0 Å². The molecule has 0 saturated heterocycles. The number of hydrogen-bond acceptors (Lipinski definition) is 9. The molecule has 0 radical (unpaired) electrons. The second kappa shape index (κ2) is 18.2. The number of alkyl halides is 1. The summed E-state index contributed by atoms with van der Waals surface area (Å²) in [6, 6.07) is 29.1. The highest BCUT2D eigenvalue weighted by Gasteiger charge is 2.04. The molecular formula is C37H35ClN12. The maximum Gasteiger partial charge on any atom is 0.177 e. The molecule has 9 rings (SSSR count). The van der Waals surface area contributed by atoms with Gasteiger partial charge in [-0.25, -0.2) is 29.9 Å². The minimum absolute atomic E-state index is 0. The van der Waals surface area contributed by atoms with Crippen LogP contribution >= 0.6 is 11.6 Å². The summed E-state index contributed by atoms with van der Waals surface area (Å²) in [5.41, 5.74) is 8.33. The van der Waals surface area contributed by atoms with Crippen molar-refractivity contribution in [3.63, 3.8) is 0 Å². The number of aromatic nitrogens is 12. The highest BCUT2D eigenvalue weighted by Crippen LogP contribution is 2.11. The molecule has 0 aliphatic carbocycles.